The van der Waals surface area contributed by atoms with Crippen molar-refractivity contribution in [2.24, 2.45) is 17.8 Å². The fourth-order valence-corrected chi connectivity index (χ4v) is 5.76. The largest absolute Gasteiger partial charge is 0.394 e. The fourth-order valence-electron chi connectivity index (χ4n) is 5.76. The van der Waals surface area contributed by atoms with Crippen LogP contribution in [-0.2, 0) is 33.3 Å². The molecule has 2 aliphatic heterocycles. The first-order valence-corrected chi connectivity index (χ1v) is 17.4. The molecule has 48 heavy (non-hydrogen) atoms. The Kier molecular flexibility index (Phi) is 19.5. The maximum atomic E-state index is 12.8. The minimum atomic E-state index is -1.21. The van der Waals surface area contributed by atoms with E-state index in [9.17, 15) is 45.0 Å². The van der Waals surface area contributed by atoms with E-state index >= 15 is 0 Å². The molecule has 15 heteroatoms. The summed E-state index contributed by atoms with van der Waals surface area (Å²) >= 11 is 0. The standard InChI is InChI=1S/C33H60N2O13/c1-19(2)27(40)22(35-26(39)13-10-16-46-33-21(4)29(42)31(44)24(18-37)48-33)11-7-8-14-34-25(38)12-6-5-9-15-45-32-20(3)28(41)30(43)23(17-36)47-32/h19-24,28-33,36-37,41-44H,5-18H2,1-4H3,(H,34,38)(H,35,39). The van der Waals surface area contributed by atoms with Crippen molar-refractivity contribution in [1.82, 2.24) is 10.6 Å². The molecule has 2 aliphatic rings. The van der Waals surface area contributed by atoms with E-state index in [-0.39, 0.29) is 36.5 Å². The van der Waals surface area contributed by atoms with Crippen molar-refractivity contribution < 1.29 is 64.0 Å². The van der Waals surface area contributed by atoms with Gasteiger partial charge in [0.2, 0.25) is 11.8 Å². The fraction of sp³-hybridized carbons (Fsp3) is 0.909. The molecule has 8 N–H and O–H groups in total. The van der Waals surface area contributed by atoms with E-state index in [2.05, 4.69) is 10.6 Å². The van der Waals surface area contributed by atoms with Crippen LogP contribution in [0.5, 0.6) is 0 Å². The van der Waals surface area contributed by atoms with Crippen molar-refractivity contribution in [3.05, 3.63) is 0 Å². The Morgan fingerprint density at radius 3 is 1.73 bits per heavy atom. The van der Waals surface area contributed by atoms with Crippen molar-refractivity contribution in [1.29, 1.82) is 0 Å². The lowest BCUT2D eigenvalue weighted by molar-refractivity contribution is -0.282. The highest BCUT2D eigenvalue weighted by Crippen LogP contribution is 2.28. The Morgan fingerprint density at radius 2 is 1.21 bits per heavy atom. The van der Waals surface area contributed by atoms with Gasteiger partial charge in [0, 0.05) is 43.7 Å². The van der Waals surface area contributed by atoms with Crippen LogP contribution in [0.15, 0.2) is 0 Å². The summed E-state index contributed by atoms with van der Waals surface area (Å²) in [4.78, 5) is 37.6. The summed E-state index contributed by atoms with van der Waals surface area (Å²) in [5, 5.41) is 64.5. The van der Waals surface area contributed by atoms with E-state index in [0.717, 1.165) is 6.42 Å². The van der Waals surface area contributed by atoms with Gasteiger partial charge in [-0.2, -0.15) is 0 Å². The molecule has 0 aromatic heterocycles. The number of carbonyl (C=O) groups is 3. The van der Waals surface area contributed by atoms with E-state index < -0.39 is 80.3 Å². The number of ether oxygens (including phenoxy) is 4. The molecule has 11 atom stereocenters. The van der Waals surface area contributed by atoms with Gasteiger partial charge in [-0.3, -0.25) is 14.4 Å². The zero-order valence-corrected chi connectivity index (χ0v) is 28.9. The minimum absolute atomic E-state index is 0.0638. The second-order valence-electron chi connectivity index (χ2n) is 13.3. The van der Waals surface area contributed by atoms with Crippen molar-refractivity contribution in [2.75, 3.05) is 33.0 Å². The number of Topliss-reactive ketones (excluding diaryl/α,β-unsaturated/α-hetero) is 1. The van der Waals surface area contributed by atoms with Crippen LogP contribution < -0.4 is 10.6 Å². The van der Waals surface area contributed by atoms with Gasteiger partial charge in [-0.05, 0) is 38.5 Å². The Morgan fingerprint density at radius 1 is 0.688 bits per heavy atom. The quantitative estimate of drug-likeness (QED) is 0.0670. The van der Waals surface area contributed by atoms with Gasteiger partial charge in [0.15, 0.2) is 18.4 Å². The molecule has 0 bridgehead atoms. The molecule has 2 fully saturated rings. The van der Waals surface area contributed by atoms with E-state index in [0.29, 0.717) is 58.1 Å². The zero-order valence-electron chi connectivity index (χ0n) is 28.9. The molecule has 2 heterocycles. The highest BCUT2D eigenvalue weighted by Gasteiger charge is 2.43. The Bertz CT molecular complexity index is 953. The molecule has 2 amide bonds. The number of hydrogen-bond donors (Lipinski definition) is 8. The number of rotatable bonds is 22. The topological polar surface area (TPSA) is 234 Å². The molecule has 11 unspecified atom stereocenters. The highest BCUT2D eigenvalue weighted by atomic mass is 16.7. The third-order valence-corrected chi connectivity index (χ3v) is 9.03. The Balaban J connectivity index is 1.59. The average Bonchev–Trinajstić information content (AvgIpc) is 3.06. The lowest BCUT2D eigenvalue weighted by Gasteiger charge is -2.40. The summed E-state index contributed by atoms with van der Waals surface area (Å²) in [6.07, 6.45) is -3.31. The van der Waals surface area contributed by atoms with Crippen LogP contribution in [0.1, 0.15) is 85.5 Å². The van der Waals surface area contributed by atoms with Crippen molar-refractivity contribution in [3.8, 4) is 0 Å². The normalized spacial score (nSPS) is 31.4. The number of ketones is 1. The molecule has 2 saturated heterocycles. The van der Waals surface area contributed by atoms with E-state index in [1.807, 2.05) is 0 Å². The minimum Gasteiger partial charge on any atom is -0.394 e. The van der Waals surface area contributed by atoms with Crippen LogP contribution >= 0.6 is 0 Å². The predicted molar refractivity (Wildman–Crippen MR) is 172 cm³/mol. The summed E-state index contributed by atoms with van der Waals surface area (Å²) in [5.41, 5.74) is 0. The van der Waals surface area contributed by atoms with E-state index in [1.54, 1.807) is 27.7 Å². The molecule has 0 aromatic carbocycles. The first-order valence-electron chi connectivity index (χ1n) is 17.4. The molecule has 15 nitrogen and oxygen atoms in total. The number of hydrogen-bond acceptors (Lipinski definition) is 13. The summed E-state index contributed by atoms with van der Waals surface area (Å²) < 4.78 is 22.4. The molecular weight excluding hydrogens is 632 g/mol. The van der Waals surface area contributed by atoms with Crippen molar-refractivity contribution >= 4 is 17.6 Å². The third-order valence-electron chi connectivity index (χ3n) is 9.03. The van der Waals surface area contributed by atoms with Gasteiger partial charge in [-0.15, -0.1) is 0 Å². The Labute approximate surface area is 283 Å². The summed E-state index contributed by atoms with van der Waals surface area (Å²) in [5.74, 6) is -1.65. The number of carbonyl (C=O) groups excluding carboxylic acids is 3. The molecule has 2 rings (SSSR count). The van der Waals surface area contributed by atoms with E-state index in [1.165, 1.54) is 0 Å². The first-order chi connectivity index (χ1) is 22.8. The van der Waals surface area contributed by atoms with E-state index in [4.69, 9.17) is 18.9 Å². The van der Waals surface area contributed by atoms with Gasteiger partial charge in [-0.25, -0.2) is 0 Å². The SMILES string of the molecule is CC(C)C(=O)C(CCCCNC(=O)CCCCCOC1OC(CO)C(O)C(O)C1C)NC(=O)CCCOC1OC(CO)C(O)C(O)C1C. The van der Waals surface area contributed by atoms with Gasteiger partial charge in [0.25, 0.3) is 0 Å². The summed E-state index contributed by atoms with van der Waals surface area (Å²) in [7, 11) is 0. The third kappa shape index (κ3) is 13.5. The Hall–Kier alpha value is -1.79. The average molecular weight is 693 g/mol. The van der Waals surface area contributed by atoms with Gasteiger partial charge in [-0.1, -0.05) is 34.1 Å². The second-order valence-corrected chi connectivity index (χ2v) is 13.3. The number of nitrogens with one attached hydrogen (secondary N) is 2. The number of aliphatic hydroxyl groups is 6. The zero-order chi connectivity index (χ0) is 35.8. The van der Waals surface area contributed by atoms with Gasteiger partial charge < -0.3 is 60.2 Å². The highest BCUT2D eigenvalue weighted by molar-refractivity contribution is 5.90. The van der Waals surface area contributed by atoms with Crippen LogP contribution in [0, 0.1) is 17.8 Å². The molecular formula is C33H60N2O13. The first kappa shape index (κ1) is 42.4. The monoisotopic (exact) mass is 692 g/mol. The maximum Gasteiger partial charge on any atom is 0.220 e. The van der Waals surface area contributed by atoms with Crippen LogP contribution in [0.3, 0.4) is 0 Å². The van der Waals surface area contributed by atoms with Crippen LogP contribution in [0.2, 0.25) is 0 Å². The maximum absolute atomic E-state index is 12.8. The number of amides is 2. The molecule has 0 spiro atoms. The predicted octanol–water partition coefficient (Wildman–Crippen LogP) is -0.493. The molecule has 0 radical (unpaired) electrons. The van der Waals surface area contributed by atoms with Crippen LogP contribution in [-0.4, -0.2) is 136 Å². The molecule has 280 valence electrons. The van der Waals surface area contributed by atoms with Gasteiger partial charge >= 0.3 is 0 Å². The number of aliphatic hydroxyl groups excluding tert-OH is 6. The lowest BCUT2D eigenvalue weighted by atomic mass is 9.92. The smallest absolute Gasteiger partial charge is 0.220 e. The van der Waals surface area contributed by atoms with Gasteiger partial charge in [0.1, 0.15) is 24.4 Å². The van der Waals surface area contributed by atoms with Gasteiger partial charge in [0.05, 0.1) is 38.1 Å². The van der Waals surface area contributed by atoms with Crippen LogP contribution in [0.25, 0.3) is 0 Å². The lowest BCUT2D eigenvalue weighted by Crippen LogP contribution is -2.55. The summed E-state index contributed by atoms with van der Waals surface area (Å²) in [6, 6.07) is -0.634. The summed E-state index contributed by atoms with van der Waals surface area (Å²) in [6.45, 7) is 7.02. The molecule has 0 aliphatic carbocycles. The molecule has 0 saturated carbocycles. The van der Waals surface area contributed by atoms with Crippen LogP contribution in [0.4, 0.5) is 0 Å². The second kappa shape index (κ2) is 22.1. The molecule has 0 aromatic rings. The van der Waals surface area contributed by atoms with Crippen molar-refractivity contribution in [3.63, 3.8) is 0 Å². The number of unbranched alkanes of at least 4 members (excludes halogenated alkanes) is 3. The van der Waals surface area contributed by atoms with Crippen molar-refractivity contribution in [2.45, 2.75) is 141 Å².